The molecule has 1 fully saturated rings. The van der Waals surface area contributed by atoms with Crippen molar-refractivity contribution in [1.82, 2.24) is 15.5 Å². The van der Waals surface area contributed by atoms with Crippen LogP contribution in [0.2, 0.25) is 0 Å². The zero-order valence-electron chi connectivity index (χ0n) is 16.4. The van der Waals surface area contributed by atoms with E-state index in [1.54, 1.807) is 26.0 Å². The predicted octanol–water partition coefficient (Wildman–Crippen LogP) is 2.12. The number of rotatable bonds is 6. The number of carbonyl (C=O) groups excluding carboxylic acids is 4. The molecule has 4 amide bonds. The van der Waals surface area contributed by atoms with E-state index >= 15 is 0 Å². The first-order valence-corrected chi connectivity index (χ1v) is 9.98. The summed E-state index contributed by atoms with van der Waals surface area (Å²) in [7, 11) is 0. The Bertz CT molecular complexity index is 797. The first-order chi connectivity index (χ1) is 13.4. The normalized spacial score (nSPS) is 17.0. The summed E-state index contributed by atoms with van der Waals surface area (Å²) in [6.07, 6.45) is 4.89. The van der Waals surface area contributed by atoms with Crippen LogP contribution in [0.25, 0.3) is 0 Å². The van der Waals surface area contributed by atoms with Gasteiger partial charge in [-0.25, -0.2) is 0 Å². The Morgan fingerprint density at radius 1 is 1.00 bits per heavy atom. The van der Waals surface area contributed by atoms with E-state index in [0.29, 0.717) is 23.2 Å². The zero-order valence-corrected chi connectivity index (χ0v) is 16.4. The number of nitrogens with one attached hydrogen (secondary N) is 2. The van der Waals surface area contributed by atoms with E-state index in [-0.39, 0.29) is 42.1 Å². The van der Waals surface area contributed by atoms with Gasteiger partial charge in [-0.1, -0.05) is 33.1 Å². The van der Waals surface area contributed by atoms with Crippen LogP contribution in [0.4, 0.5) is 0 Å². The molecule has 0 saturated heterocycles. The lowest BCUT2D eigenvalue weighted by Crippen LogP contribution is -2.40. The number of nitrogens with zero attached hydrogens (tertiary/aromatic N) is 1. The molecule has 1 saturated carbocycles. The molecular formula is C21H27N3O4. The van der Waals surface area contributed by atoms with Gasteiger partial charge in [0.15, 0.2) is 0 Å². The van der Waals surface area contributed by atoms with Crippen molar-refractivity contribution in [2.75, 3.05) is 13.1 Å². The lowest BCUT2D eigenvalue weighted by molar-refractivity contribution is -0.123. The van der Waals surface area contributed by atoms with Crippen molar-refractivity contribution in [3.63, 3.8) is 0 Å². The molecule has 0 bridgehead atoms. The largest absolute Gasteiger partial charge is 0.354 e. The van der Waals surface area contributed by atoms with E-state index in [0.717, 1.165) is 32.1 Å². The third-order valence-corrected chi connectivity index (χ3v) is 5.35. The van der Waals surface area contributed by atoms with Gasteiger partial charge in [-0.05, 0) is 31.0 Å². The summed E-state index contributed by atoms with van der Waals surface area (Å²) in [4.78, 5) is 50.7. The van der Waals surface area contributed by atoms with Crippen LogP contribution >= 0.6 is 0 Å². The highest BCUT2D eigenvalue weighted by Gasteiger charge is 2.40. The Balaban J connectivity index is 1.63. The average Bonchev–Trinajstić information content (AvgIpc) is 2.95. The minimum atomic E-state index is -0.335. The van der Waals surface area contributed by atoms with E-state index in [1.165, 1.54) is 11.0 Å². The second-order valence-electron chi connectivity index (χ2n) is 7.73. The second-order valence-corrected chi connectivity index (χ2v) is 7.73. The monoisotopic (exact) mass is 385 g/mol. The molecule has 1 aromatic rings. The highest BCUT2D eigenvalue weighted by molar-refractivity contribution is 6.22. The molecule has 3 rings (SSSR count). The number of benzene rings is 1. The Kier molecular flexibility index (Phi) is 6.11. The lowest BCUT2D eigenvalue weighted by atomic mass is 9.94. The Morgan fingerprint density at radius 3 is 2.32 bits per heavy atom. The summed E-state index contributed by atoms with van der Waals surface area (Å²) in [6, 6.07) is 4.59. The fourth-order valence-corrected chi connectivity index (χ4v) is 3.74. The molecule has 0 radical (unpaired) electrons. The molecular weight excluding hydrogens is 358 g/mol. The Hall–Kier alpha value is -2.70. The third kappa shape index (κ3) is 4.08. The topological polar surface area (TPSA) is 95.6 Å². The van der Waals surface area contributed by atoms with Gasteiger partial charge < -0.3 is 10.6 Å². The minimum absolute atomic E-state index is 0.0389. The summed E-state index contributed by atoms with van der Waals surface area (Å²) >= 11 is 0. The molecule has 2 N–H and O–H groups in total. The van der Waals surface area contributed by atoms with Crippen molar-refractivity contribution in [3.8, 4) is 0 Å². The van der Waals surface area contributed by atoms with Gasteiger partial charge in [0, 0.05) is 30.6 Å². The molecule has 0 spiro atoms. The molecule has 7 heteroatoms. The van der Waals surface area contributed by atoms with Gasteiger partial charge in [-0.3, -0.25) is 24.1 Å². The van der Waals surface area contributed by atoms with Crippen molar-refractivity contribution in [2.24, 2.45) is 5.92 Å². The molecule has 150 valence electrons. The maximum absolute atomic E-state index is 12.8. The molecule has 2 aliphatic rings. The molecule has 1 heterocycles. The van der Waals surface area contributed by atoms with Crippen molar-refractivity contribution < 1.29 is 19.2 Å². The first kappa shape index (κ1) is 20.0. The van der Waals surface area contributed by atoms with Crippen LogP contribution in [-0.4, -0.2) is 47.7 Å². The molecule has 7 nitrogen and oxygen atoms in total. The Morgan fingerprint density at radius 2 is 1.64 bits per heavy atom. The number of fused-ring (bicyclic) bond motifs is 1. The maximum atomic E-state index is 12.8. The minimum Gasteiger partial charge on any atom is -0.354 e. The Labute approximate surface area is 164 Å². The first-order valence-electron chi connectivity index (χ1n) is 9.98. The van der Waals surface area contributed by atoms with Gasteiger partial charge in [-0.15, -0.1) is 0 Å². The summed E-state index contributed by atoms with van der Waals surface area (Å²) in [5, 5.41) is 5.45. The summed E-state index contributed by atoms with van der Waals surface area (Å²) in [5.41, 5.74) is 1.01. The molecule has 0 unspecified atom stereocenters. The molecule has 28 heavy (non-hydrogen) atoms. The van der Waals surface area contributed by atoms with E-state index in [2.05, 4.69) is 10.6 Å². The molecule has 1 aromatic carbocycles. The van der Waals surface area contributed by atoms with Crippen LogP contribution in [0.5, 0.6) is 0 Å². The van der Waals surface area contributed by atoms with Crippen LogP contribution < -0.4 is 10.6 Å². The second kappa shape index (κ2) is 8.54. The van der Waals surface area contributed by atoms with E-state index in [9.17, 15) is 19.2 Å². The number of hydrogen-bond acceptors (Lipinski definition) is 4. The van der Waals surface area contributed by atoms with Crippen molar-refractivity contribution in [2.45, 2.75) is 52.0 Å². The highest BCUT2D eigenvalue weighted by Crippen LogP contribution is 2.31. The van der Waals surface area contributed by atoms with Gasteiger partial charge >= 0.3 is 0 Å². The number of imide groups is 1. The standard InChI is InChI=1S/C21H27N3O4/c1-13(2)18(25)22-10-11-23-19(26)14-8-9-16-17(12-14)21(28)24(20(16)27)15-6-4-3-5-7-15/h8-9,12-13,15H,3-7,10-11H2,1-2H3,(H,22,25)(H,23,26). The smallest absolute Gasteiger partial charge is 0.261 e. The van der Waals surface area contributed by atoms with Crippen molar-refractivity contribution >= 4 is 23.6 Å². The molecule has 0 atom stereocenters. The average molecular weight is 385 g/mol. The summed E-state index contributed by atoms with van der Waals surface area (Å²) < 4.78 is 0. The highest BCUT2D eigenvalue weighted by atomic mass is 16.2. The number of hydrogen-bond donors (Lipinski definition) is 2. The molecule has 1 aliphatic carbocycles. The van der Waals surface area contributed by atoms with Gasteiger partial charge in [0.25, 0.3) is 17.7 Å². The fraction of sp³-hybridized carbons (Fsp3) is 0.524. The zero-order chi connectivity index (χ0) is 20.3. The summed E-state index contributed by atoms with van der Waals surface area (Å²) in [6.45, 7) is 4.22. The van der Waals surface area contributed by atoms with Gasteiger partial charge in [0.05, 0.1) is 11.1 Å². The predicted molar refractivity (Wildman–Crippen MR) is 104 cm³/mol. The number of carbonyl (C=O) groups is 4. The molecule has 0 aromatic heterocycles. The third-order valence-electron chi connectivity index (χ3n) is 5.35. The lowest BCUT2D eigenvalue weighted by Gasteiger charge is -2.29. The quantitative estimate of drug-likeness (QED) is 0.579. The van der Waals surface area contributed by atoms with Crippen LogP contribution in [0.15, 0.2) is 18.2 Å². The van der Waals surface area contributed by atoms with E-state index < -0.39 is 0 Å². The van der Waals surface area contributed by atoms with Crippen LogP contribution in [0.3, 0.4) is 0 Å². The van der Waals surface area contributed by atoms with E-state index in [4.69, 9.17) is 0 Å². The van der Waals surface area contributed by atoms with Gasteiger partial charge in [0.1, 0.15) is 0 Å². The number of amides is 4. The summed E-state index contributed by atoms with van der Waals surface area (Å²) in [5.74, 6) is -1.07. The van der Waals surface area contributed by atoms with Crippen LogP contribution in [-0.2, 0) is 4.79 Å². The SMILES string of the molecule is CC(C)C(=O)NCCNC(=O)c1ccc2c(c1)C(=O)N(C1CCCCC1)C2=O. The van der Waals surface area contributed by atoms with Gasteiger partial charge in [0.2, 0.25) is 5.91 Å². The molecule has 1 aliphatic heterocycles. The van der Waals surface area contributed by atoms with Crippen molar-refractivity contribution in [3.05, 3.63) is 34.9 Å². The van der Waals surface area contributed by atoms with E-state index in [1.807, 2.05) is 0 Å². The maximum Gasteiger partial charge on any atom is 0.261 e. The fourth-order valence-electron chi connectivity index (χ4n) is 3.74. The van der Waals surface area contributed by atoms with Crippen LogP contribution in [0, 0.1) is 5.92 Å². The van der Waals surface area contributed by atoms with Gasteiger partial charge in [-0.2, -0.15) is 0 Å². The van der Waals surface area contributed by atoms with Crippen molar-refractivity contribution in [1.29, 1.82) is 0 Å². The van der Waals surface area contributed by atoms with Crippen LogP contribution in [0.1, 0.15) is 77.0 Å².